The van der Waals surface area contributed by atoms with Crippen LogP contribution < -0.4 is 10.6 Å². The predicted octanol–water partition coefficient (Wildman–Crippen LogP) is 2.85. The van der Waals surface area contributed by atoms with Gasteiger partial charge in [-0.2, -0.15) is 0 Å². The van der Waals surface area contributed by atoms with E-state index in [1.165, 1.54) is 51.7 Å². The van der Waals surface area contributed by atoms with Gasteiger partial charge >= 0.3 is 0 Å². The zero-order valence-corrected chi connectivity index (χ0v) is 17.4. The predicted molar refractivity (Wildman–Crippen MR) is 110 cm³/mol. The van der Waals surface area contributed by atoms with Gasteiger partial charge in [-0.25, -0.2) is 0 Å². The molecule has 1 aliphatic heterocycles. The van der Waals surface area contributed by atoms with Crippen molar-refractivity contribution in [3.05, 3.63) is 0 Å². The minimum atomic E-state index is 0. The Balaban J connectivity index is 0.00000484. The highest BCUT2D eigenvalue weighted by atomic mass is 127. The van der Waals surface area contributed by atoms with Crippen LogP contribution in [-0.2, 0) is 4.74 Å². The van der Waals surface area contributed by atoms with E-state index in [4.69, 9.17) is 4.74 Å². The Morgan fingerprint density at radius 2 is 1.78 bits per heavy atom. The highest BCUT2D eigenvalue weighted by molar-refractivity contribution is 14.0. The van der Waals surface area contributed by atoms with Crippen LogP contribution in [0.1, 0.15) is 52.4 Å². The molecule has 1 heterocycles. The Hall–Kier alpha value is -0.0800. The van der Waals surface area contributed by atoms with Crippen LogP contribution in [0.25, 0.3) is 0 Å². The van der Waals surface area contributed by atoms with Crippen LogP contribution in [0.3, 0.4) is 0 Å². The molecule has 23 heavy (non-hydrogen) atoms. The second-order valence-corrected chi connectivity index (χ2v) is 5.85. The van der Waals surface area contributed by atoms with Crippen molar-refractivity contribution >= 4 is 29.9 Å². The number of guanidine groups is 1. The number of likely N-dealkylation sites (tertiary alicyclic amines) is 1. The van der Waals surface area contributed by atoms with Gasteiger partial charge in [0.05, 0.1) is 0 Å². The molecular weight excluding hydrogens is 403 g/mol. The molecule has 5 nitrogen and oxygen atoms in total. The Bertz CT molecular complexity index is 282. The van der Waals surface area contributed by atoms with Gasteiger partial charge in [-0.05, 0) is 59.2 Å². The molecule has 0 saturated carbocycles. The Morgan fingerprint density at radius 1 is 1.04 bits per heavy atom. The van der Waals surface area contributed by atoms with E-state index in [0.29, 0.717) is 0 Å². The first-order valence-corrected chi connectivity index (χ1v) is 9.19. The van der Waals surface area contributed by atoms with E-state index in [-0.39, 0.29) is 24.0 Å². The van der Waals surface area contributed by atoms with Crippen molar-refractivity contribution in [3.8, 4) is 0 Å². The first-order valence-electron chi connectivity index (χ1n) is 9.19. The molecule has 0 unspecified atom stereocenters. The van der Waals surface area contributed by atoms with E-state index < -0.39 is 0 Å². The summed E-state index contributed by atoms with van der Waals surface area (Å²) in [5.74, 6) is 0.940. The topological polar surface area (TPSA) is 48.9 Å². The first kappa shape index (κ1) is 22.9. The summed E-state index contributed by atoms with van der Waals surface area (Å²) >= 11 is 0. The van der Waals surface area contributed by atoms with Crippen molar-refractivity contribution < 1.29 is 4.74 Å². The number of rotatable bonds is 10. The van der Waals surface area contributed by atoms with E-state index in [1.807, 2.05) is 6.92 Å². The van der Waals surface area contributed by atoms with Crippen LogP contribution in [0, 0.1) is 0 Å². The molecule has 0 aliphatic carbocycles. The molecule has 0 amide bonds. The van der Waals surface area contributed by atoms with Crippen LogP contribution in [0.5, 0.6) is 0 Å². The molecule has 0 radical (unpaired) electrons. The Labute approximate surface area is 160 Å². The van der Waals surface area contributed by atoms with E-state index in [0.717, 1.165) is 45.2 Å². The van der Waals surface area contributed by atoms with Crippen molar-refractivity contribution in [2.24, 2.45) is 4.99 Å². The van der Waals surface area contributed by atoms with Crippen molar-refractivity contribution in [2.45, 2.75) is 52.4 Å². The molecule has 0 aromatic carbocycles. The zero-order chi connectivity index (χ0) is 15.9. The smallest absolute Gasteiger partial charge is 0.191 e. The minimum Gasteiger partial charge on any atom is -0.382 e. The van der Waals surface area contributed by atoms with Gasteiger partial charge in [0, 0.05) is 32.8 Å². The maximum absolute atomic E-state index is 5.34. The fraction of sp³-hybridized carbons (Fsp3) is 0.941. The average Bonchev–Trinajstić information content (AvgIpc) is 2.80. The van der Waals surface area contributed by atoms with Crippen molar-refractivity contribution in [1.82, 2.24) is 15.5 Å². The largest absolute Gasteiger partial charge is 0.382 e. The van der Waals surface area contributed by atoms with Crippen LogP contribution >= 0.6 is 24.0 Å². The number of nitrogens with zero attached hydrogens (tertiary/aromatic N) is 2. The molecule has 1 fully saturated rings. The van der Waals surface area contributed by atoms with Crippen LogP contribution in [0.15, 0.2) is 4.99 Å². The average molecular weight is 440 g/mol. The third-order valence-corrected chi connectivity index (χ3v) is 3.91. The highest BCUT2D eigenvalue weighted by Crippen LogP contribution is 2.09. The number of hydrogen-bond donors (Lipinski definition) is 2. The SMILES string of the molecule is CCNC(=NCCCOCC)NCCCN1CCCCCC1.I. The van der Waals surface area contributed by atoms with E-state index >= 15 is 0 Å². The summed E-state index contributed by atoms with van der Waals surface area (Å²) in [7, 11) is 0. The highest BCUT2D eigenvalue weighted by Gasteiger charge is 2.08. The molecule has 0 bridgehead atoms. The summed E-state index contributed by atoms with van der Waals surface area (Å²) in [4.78, 5) is 7.20. The third kappa shape index (κ3) is 12.9. The maximum atomic E-state index is 5.34. The van der Waals surface area contributed by atoms with E-state index in [2.05, 4.69) is 27.4 Å². The molecule has 6 heteroatoms. The minimum absolute atomic E-state index is 0. The standard InChI is InChI=1S/C17H36N4O.HI/c1-3-18-17(20-12-10-16-22-4-2)19-11-9-15-21-13-7-5-6-8-14-21;/h3-16H2,1-2H3,(H2,18,19,20);1H. The number of aliphatic imine (C=N–C) groups is 1. The van der Waals surface area contributed by atoms with Gasteiger partial charge in [-0.15, -0.1) is 24.0 Å². The molecule has 138 valence electrons. The number of hydrogen-bond acceptors (Lipinski definition) is 3. The molecule has 0 aromatic rings. The number of halogens is 1. The van der Waals surface area contributed by atoms with E-state index in [9.17, 15) is 0 Å². The van der Waals surface area contributed by atoms with Gasteiger partial charge in [0.25, 0.3) is 0 Å². The van der Waals surface area contributed by atoms with Crippen molar-refractivity contribution in [2.75, 3.05) is 52.5 Å². The fourth-order valence-electron chi connectivity index (χ4n) is 2.71. The quantitative estimate of drug-likeness (QED) is 0.238. The summed E-state index contributed by atoms with van der Waals surface area (Å²) in [6.07, 6.45) is 7.73. The first-order chi connectivity index (χ1) is 10.9. The summed E-state index contributed by atoms with van der Waals surface area (Å²) in [5.41, 5.74) is 0. The van der Waals surface area contributed by atoms with Crippen LogP contribution in [-0.4, -0.2) is 63.3 Å². The maximum Gasteiger partial charge on any atom is 0.191 e. The van der Waals surface area contributed by atoms with Gasteiger partial charge in [0.2, 0.25) is 0 Å². The molecule has 0 spiro atoms. The van der Waals surface area contributed by atoms with Crippen LogP contribution in [0.2, 0.25) is 0 Å². The zero-order valence-electron chi connectivity index (χ0n) is 15.1. The lowest BCUT2D eigenvalue weighted by Crippen LogP contribution is -2.39. The molecule has 1 saturated heterocycles. The van der Waals surface area contributed by atoms with Gasteiger partial charge in [0.15, 0.2) is 5.96 Å². The number of ether oxygens (including phenoxy) is 1. The third-order valence-electron chi connectivity index (χ3n) is 3.91. The van der Waals surface area contributed by atoms with Crippen molar-refractivity contribution in [1.29, 1.82) is 0 Å². The lowest BCUT2D eigenvalue weighted by Gasteiger charge is -2.20. The fourth-order valence-corrected chi connectivity index (χ4v) is 2.71. The Kier molecular flexibility index (Phi) is 16.7. The van der Waals surface area contributed by atoms with Crippen molar-refractivity contribution in [3.63, 3.8) is 0 Å². The van der Waals surface area contributed by atoms with Gasteiger partial charge in [-0.3, -0.25) is 4.99 Å². The van der Waals surface area contributed by atoms with Crippen LogP contribution in [0.4, 0.5) is 0 Å². The lowest BCUT2D eigenvalue weighted by atomic mass is 10.2. The lowest BCUT2D eigenvalue weighted by molar-refractivity contribution is 0.146. The molecule has 0 aromatic heterocycles. The molecule has 1 rings (SSSR count). The van der Waals surface area contributed by atoms with Gasteiger partial charge in [-0.1, -0.05) is 12.8 Å². The number of nitrogens with one attached hydrogen (secondary N) is 2. The summed E-state index contributed by atoms with van der Waals surface area (Å²) in [6.45, 7) is 12.2. The Morgan fingerprint density at radius 3 is 2.43 bits per heavy atom. The summed E-state index contributed by atoms with van der Waals surface area (Å²) in [5, 5.41) is 6.74. The van der Waals surface area contributed by atoms with Gasteiger partial charge < -0.3 is 20.3 Å². The molecule has 2 N–H and O–H groups in total. The molecule has 1 aliphatic rings. The second-order valence-electron chi connectivity index (χ2n) is 5.85. The second kappa shape index (κ2) is 16.8. The molecule has 0 atom stereocenters. The summed E-state index contributed by atoms with van der Waals surface area (Å²) in [6, 6.07) is 0. The normalized spacial score (nSPS) is 16.5. The monoisotopic (exact) mass is 440 g/mol. The van der Waals surface area contributed by atoms with E-state index in [1.54, 1.807) is 0 Å². The summed E-state index contributed by atoms with van der Waals surface area (Å²) < 4.78 is 5.34. The molecular formula is C17H37IN4O. The van der Waals surface area contributed by atoms with Gasteiger partial charge in [0.1, 0.15) is 0 Å².